The van der Waals surface area contributed by atoms with Crippen LogP contribution < -0.4 is 4.90 Å². The van der Waals surface area contributed by atoms with Crippen LogP contribution in [0, 0.1) is 3.57 Å². The molecule has 1 aromatic carbocycles. The van der Waals surface area contributed by atoms with E-state index in [1.807, 2.05) is 0 Å². The minimum Gasteiger partial charge on any atom is -0.372 e. The second kappa shape index (κ2) is 7.76. The first kappa shape index (κ1) is 15.5. The molecule has 4 nitrogen and oxygen atoms in total. The molecule has 1 aromatic rings. The van der Waals surface area contributed by atoms with Crippen molar-refractivity contribution in [3.8, 4) is 0 Å². The van der Waals surface area contributed by atoms with Crippen LogP contribution in [0.15, 0.2) is 24.3 Å². The summed E-state index contributed by atoms with van der Waals surface area (Å²) in [6.45, 7) is 4.07. The standard InChI is InChI=1S/C16H22INO3/c17-13-4-6-14(7-5-13)18-11-15(12-18)19-9-10-21-16-3-1-2-8-20-16/h4-7,15-16H,1-3,8-12H2. The molecule has 0 amide bonds. The van der Waals surface area contributed by atoms with Gasteiger partial charge in [-0.2, -0.15) is 0 Å². The molecule has 0 bridgehead atoms. The summed E-state index contributed by atoms with van der Waals surface area (Å²) in [5, 5.41) is 0. The Hall–Kier alpha value is -0.370. The molecule has 3 rings (SSSR count). The summed E-state index contributed by atoms with van der Waals surface area (Å²) >= 11 is 2.33. The zero-order valence-corrected chi connectivity index (χ0v) is 14.3. The Kier molecular flexibility index (Phi) is 5.74. The van der Waals surface area contributed by atoms with Gasteiger partial charge < -0.3 is 19.1 Å². The largest absolute Gasteiger partial charge is 0.372 e. The van der Waals surface area contributed by atoms with Crippen molar-refractivity contribution in [2.45, 2.75) is 31.7 Å². The number of nitrogens with zero attached hydrogens (tertiary/aromatic N) is 1. The molecular weight excluding hydrogens is 381 g/mol. The van der Waals surface area contributed by atoms with Gasteiger partial charge in [0.2, 0.25) is 0 Å². The molecule has 2 fully saturated rings. The van der Waals surface area contributed by atoms with Crippen LogP contribution in [0.2, 0.25) is 0 Å². The highest BCUT2D eigenvalue weighted by atomic mass is 127. The number of ether oxygens (including phenoxy) is 3. The van der Waals surface area contributed by atoms with Crippen molar-refractivity contribution >= 4 is 28.3 Å². The Balaban J connectivity index is 1.28. The van der Waals surface area contributed by atoms with Crippen LogP contribution in [0.5, 0.6) is 0 Å². The van der Waals surface area contributed by atoms with E-state index in [0.717, 1.165) is 32.5 Å². The summed E-state index contributed by atoms with van der Waals surface area (Å²) in [6, 6.07) is 8.62. The van der Waals surface area contributed by atoms with E-state index >= 15 is 0 Å². The van der Waals surface area contributed by atoms with Gasteiger partial charge in [0.1, 0.15) is 0 Å². The highest BCUT2D eigenvalue weighted by Crippen LogP contribution is 2.23. The van der Waals surface area contributed by atoms with Gasteiger partial charge in [-0.05, 0) is 66.1 Å². The molecule has 0 aliphatic carbocycles. The third-order valence-corrected chi connectivity index (χ3v) is 4.64. The fourth-order valence-corrected chi connectivity index (χ4v) is 3.00. The van der Waals surface area contributed by atoms with Crippen molar-refractivity contribution in [1.29, 1.82) is 0 Å². The Morgan fingerprint density at radius 3 is 2.57 bits per heavy atom. The van der Waals surface area contributed by atoms with Gasteiger partial charge in [-0.15, -0.1) is 0 Å². The molecule has 2 aliphatic heterocycles. The van der Waals surface area contributed by atoms with Crippen molar-refractivity contribution in [2.75, 3.05) is 37.8 Å². The first-order valence-corrected chi connectivity index (χ1v) is 8.74. The van der Waals surface area contributed by atoms with Gasteiger partial charge >= 0.3 is 0 Å². The molecule has 0 N–H and O–H groups in total. The Bertz CT molecular complexity index is 428. The van der Waals surface area contributed by atoms with E-state index in [0.29, 0.717) is 19.3 Å². The van der Waals surface area contributed by atoms with Gasteiger partial charge in [0, 0.05) is 29.0 Å². The molecule has 2 heterocycles. The van der Waals surface area contributed by atoms with E-state index in [1.165, 1.54) is 15.7 Å². The van der Waals surface area contributed by atoms with Crippen LogP contribution in [0.4, 0.5) is 5.69 Å². The number of hydrogen-bond donors (Lipinski definition) is 0. The molecule has 5 heteroatoms. The lowest BCUT2D eigenvalue weighted by Crippen LogP contribution is -2.52. The quantitative estimate of drug-likeness (QED) is 0.540. The second-order valence-electron chi connectivity index (χ2n) is 5.54. The number of anilines is 1. The van der Waals surface area contributed by atoms with Gasteiger partial charge in [0.25, 0.3) is 0 Å². The van der Waals surface area contributed by atoms with Gasteiger partial charge in [0.05, 0.1) is 19.3 Å². The highest BCUT2D eigenvalue weighted by Gasteiger charge is 2.27. The zero-order valence-electron chi connectivity index (χ0n) is 12.2. The van der Waals surface area contributed by atoms with Crippen LogP contribution in [0.3, 0.4) is 0 Å². The maximum Gasteiger partial charge on any atom is 0.157 e. The molecule has 1 unspecified atom stereocenters. The molecule has 2 saturated heterocycles. The lowest BCUT2D eigenvalue weighted by molar-refractivity contribution is -0.171. The van der Waals surface area contributed by atoms with Crippen LogP contribution in [-0.4, -0.2) is 45.3 Å². The van der Waals surface area contributed by atoms with Crippen LogP contribution >= 0.6 is 22.6 Å². The van der Waals surface area contributed by atoms with E-state index in [4.69, 9.17) is 14.2 Å². The van der Waals surface area contributed by atoms with E-state index in [1.54, 1.807) is 0 Å². The smallest absolute Gasteiger partial charge is 0.157 e. The summed E-state index contributed by atoms with van der Waals surface area (Å²) in [5.41, 5.74) is 1.28. The Labute approximate surface area is 139 Å². The fourth-order valence-electron chi connectivity index (χ4n) is 2.64. The summed E-state index contributed by atoms with van der Waals surface area (Å²) in [7, 11) is 0. The van der Waals surface area contributed by atoms with Crippen LogP contribution in [0.1, 0.15) is 19.3 Å². The summed E-state index contributed by atoms with van der Waals surface area (Å²) < 4.78 is 18.3. The molecule has 2 aliphatic rings. The second-order valence-corrected chi connectivity index (χ2v) is 6.79. The highest BCUT2D eigenvalue weighted by molar-refractivity contribution is 14.1. The van der Waals surface area contributed by atoms with Crippen LogP contribution in [0.25, 0.3) is 0 Å². The van der Waals surface area contributed by atoms with Crippen molar-refractivity contribution in [2.24, 2.45) is 0 Å². The molecular formula is C16H22INO3. The molecule has 21 heavy (non-hydrogen) atoms. The molecule has 116 valence electrons. The van der Waals surface area contributed by atoms with E-state index in [-0.39, 0.29) is 6.29 Å². The van der Waals surface area contributed by atoms with E-state index in [2.05, 4.69) is 51.8 Å². The molecule has 0 saturated carbocycles. The van der Waals surface area contributed by atoms with E-state index in [9.17, 15) is 0 Å². The number of hydrogen-bond acceptors (Lipinski definition) is 4. The van der Waals surface area contributed by atoms with Crippen molar-refractivity contribution in [3.63, 3.8) is 0 Å². The van der Waals surface area contributed by atoms with Crippen molar-refractivity contribution in [1.82, 2.24) is 0 Å². The van der Waals surface area contributed by atoms with E-state index < -0.39 is 0 Å². The van der Waals surface area contributed by atoms with Gasteiger partial charge in [-0.25, -0.2) is 0 Å². The first-order valence-electron chi connectivity index (χ1n) is 7.66. The third kappa shape index (κ3) is 4.55. The Morgan fingerprint density at radius 2 is 1.86 bits per heavy atom. The number of benzene rings is 1. The predicted molar refractivity (Wildman–Crippen MR) is 90.7 cm³/mol. The monoisotopic (exact) mass is 403 g/mol. The average Bonchev–Trinajstić information content (AvgIpc) is 2.48. The minimum atomic E-state index is -0.00738. The molecule has 0 radical (unpaired) electrons. The Morgan fingerprint density at radius 1 is 1.10 bits per heavy atom. The normalized spacial score (nSPS) is 23.1. The maximum atomic E-state index is 5.82. The predicted octanol–water partition coefficient (Wildman–Crippen LogP) is 3.04. The summed E-state index contributed by atoms with van der Waals surface area (Å²) in [5.74, 6) is 0. The topological polar surface area (TPSA) is 30.9 Å². The minimum absolute atomic E-state index is 0.00738. The molecule has 1 atom stereocenters. The lowest BCUT2D eigenvalue weighted by Gasteiger charge is -2.40. The van der Waals surface area contributed by atoms with Crippen LogP contribution in [-0.2, 0) is 14.2 Å². The third-order valence-electron chi connectivity index (χ3n) is 3.92. The number of halogens is 1. The van der Waals surface area contributed by atoms with Crippen molar-refractivity contribution < 1.29 is 14.2 Å². The summed E-state index contributed by atoms with van der Waals surface area (Å²) in [4.78, 5) is 2.34. The SMILES string of the molecule is Ic1ccc(N2CC(OCCOC3CCCCO3)C2)cc1. The lowest BCUT2D eigenvalue weighted by atomic mass is 10.1. The fraction of sp³-hybridized carbons (Fsp3) is 0.625. The zero-order chi connectivity index (χ0) is 14.5. The van der Waals surface area contributed by atoms with Gasteiger partial charge in [-0.1, -0.05) is 0 Å². The average molecular weight is 403 g/mol. The molecule has 0 spiro atoms. The first-order chi connectivity index (χ1) is 10.3. The van der Waals surface area contributed by atoms with Gasteiger partial charge in [0.15, 0.2) is 6.29 Å². The van der Waals surface area contributed by atoms with Gasteiger partial charge in [-0.3, -0.25) is 0 Å². The molecule has 0 aromatic heterocycles. The van der Waals surface area contributed by atoms with Crippen molar-refractivity contribution in [3.05, 3.63) is 27.8 Å². The number of rotatable bonds is 6. The summed E-state index contributed by atoms with van der Waals surface area (Å²) in [6.07, 6.45) is 3.71. The maximum absolute atomic E-state index is 5.82.